The van der Waals surface area contributed by atoms with Crippen molar-refractivity contribution in [2.45, 2.75) is 25.8 Å². The van der Waals surface area contributed by atoms with E-state index in [9.17, 15) is 0 Å². The highest BCUT2D eigenvalue weighted by molar-refractivity contribution is 6.30. The molecule has 1 atom stereocenters. The second kappa shape index (κ2) is 9.63. The van der Waals surface area contributed by atoms with Gasteiger partial charge < -0.3 is 20.3 Å². The summed E-state index contributed by atoms with van der Waals surface area (Å²) < 4.78 is 5.06. The predicted octanol–water partition coefficient (Wildman–Crippen LogP) is 2.51. The molecule has 1 unspecified atom stereocenters. The van der Waals surface area contributed by atoms with Crippen molar-refractivity contribution in [3.8, 4) is 0 Å². The number of nitrogens with zero attached hydrogens (tertiary/aromatic N) is 2. The molecule has 1 aromatic carbocycles. The van der Waals surface area contributed by atoms with Crippen molar-refractivity contribution in [3.63, 3.8) is 0 Å². The number of hydrogen-bond donors (Lipinski definition) is 2. The van der Waals surface area contributed by atoms with Gasteiger partial charge in [-0.15, -0.1) is 0 Å². The van der Waals surface area contributed by atoms with Gasteiger partial charge in [0.1, 0.15) is 0 Å². The quantitative estimate of drug-likeness (QED) is 0.455. The van der Waals surface area contributed by atoms with Gasteiger partial charge in [0.25, 0.3) is 0 Å². The van der Waals surface area contributed by atoms with Crippen LogP contribution in [0.4, 0.5) is 5.69 Å². The van der Waals surface area contributed by atoms with Crippen molar-refractivity contribution in [2.24, 2.45) is 4.99 Å². The van der Waals surface area contributed by atoms with E-state index >= 15 is 0 Å². The minimum absolute atomic E-state index is 0.397. The van der Waals surface area contributed by atoms with E-state index in [1.165, 1.54) is 5.69 Å². The Hall–Kier alpha value is -1.46. The Morgan fingerprint density at radius 3 is 3.09 bits per heavy atom. The maximum absolute atomic E-state index is 6.09. The molecule has 1 saturated heterocycles. The van der Waals surface area contributed by atoms with Gasteiger partial charge in [0.15, 0.2) is 5.96 Å². The number of guanidine groups is 1. The first-order valence-corrected chi connectivity index (χ1v) is 8.65. The smallest absolute Gasteiger partial charge is 0.191 e. The van der Waals surface area contributed by atoms with E-state index in [-0.39, 0.29) is 0 Å². The van der Waals surface area contributed by atoms with Gasteiger partial charge in [0.05, 0.1) is 0 Å². The third-order valence-corrected chi connectivity index (χ3v) is 4.06. The largest absolute Gasteiger partial charge is 0.385 e. The fourth-order valence-corrected chi connectivity index (χ4v) is 2.88. The molecular weight excluding hydrogens is 312 g/mol. The zero-order chi connectivity index (χ0) is 16.5. The average molecular weight is 339 g/mol. The zero-order valence-electron chi connectivity index (χ0n) is 14.0. The lowest BCUT2D eigenvalue weighted by atomic mass is 10.2. The van der Waals surface area contributed by atoms with Crippen LogP contribution < -0.4 is 15.5 Å². The van der Waals surface area contributed by atoms with Gasteiger partial charge >= 0.3 is 0 Å². The van der Waals surface area contributed by atoms with Crippen molar-refractivity contribution in [1.82, 2.24) is 10.6 Å². The predicted molar refractivity (Wildman–Crippen MR) is 97.7 cm³/mol. The Morgan fingerprint density at radius 2 is 2.35 bits per heavy atom. The van der Waals surface area contributed by atoms with Gasteiger partial charge in [-0.25, -0.2) is 0 Å². The summed E-state index contributed by atoms with van der Waals surface area (Å²) >= 11 is 6.09. The summed E-state index contributed by atoms with van der Waals surface area (Å²) in [5.41, 5.74) is 1.18. The maximum atomic E-state index is 6.09. The van der Waals surface area contributed by atoms with Crippen LogP contribution in [-0.4, -0.2) is 51.9 Å². The SMILES string of the molecule is CCNC(=NCCCOC)NC1CCN(c2cccc(Cl)c2)C1. The molecule has 5 nitrogen and oxygen atoms in total. The second-order valence-corrected chi connectivity index (χ2v) is 6.10. The standard InChI is InChI=1S/C17H27ClN4O/c1-3-19-17(20-9-5-11-23-2)21-15-8-10-22(13-15)16-7-4-6-14(18)12-16/h4,6-7,12,15H,3,5,8-11,13H2,1-2H3,(H2,19,20,21). The van der Waals surface area contributed by atoms with E-state index < -0.39 is 0 Å². The Labute approximate surface area is 144 Å². The molecule has 0 aromatic heterocycles. The summed E-state index contributed by atoms with van der Waals surface area (Å²) in [7, 11) is 1.72. The third kappa shape index (κ3) is 5.92. The number of nitrogens with one attached hydrogen (secondary N) is 2. The Balaban J connectivity index is 1.86. The fraction of sp³-hybridized carbons (Fsp3) is 0.588. The molecular formula is C17H27ClN4O. The number of benzene rings is 1. The summed E-state index contributed by atoms with van der Waals surface area (Å²) in [5.74, 6) is 0.890. The van der Waals surface area contributed by atoms with Crippen LogP contribution in [0.25, 0.3) is 0 Å². The number of hydrogen-bond acceptors (Lipinski definition) is 3. The monoisotopic (exact) mass is 338 g/mol. The van der Waals surface area contributed by atoms with Crippen LogP contribution >= 0.6 is 11.6 Å². The maximum Gasteiger partial charge on any atom is 0.191 e. The lowest BCUT2D eigenvalue weighted by Crippen LogP contribution is -2.44. The van der Waals surface area contributed by atoms with Gasteiger partial charge in [-0.2, -0.15) is 0 Å². The molecule has 128 valence electrons. The van der Waals surface area contributed by atoms with Crippen LogP contribution in [0.2, 0.25) is 5.02 Å². The van der Waals surface area contributed by atoms with Crippen LogP contribution in [0.15, 0.2) is 29.3 Å². The summed E-state index contributed by atoms with van der Waals surface area (Å²) in [6.07, 6.45) is 2.03. The number of anilines is 1. The highest BCUT2D eigenvalue weighted by Crippen LogP contribution is 2.23. The molecule has 1 aliphatic heterocycles. The third-order valence-electron chi connectivity index (χ3n) is 3.82. The van der Waals surface area contributed by atoms with Gasteiger partial charge in [0, 0.05) is 56.6 Å². The van der Waals surface area contributed by atoms with Crippen molar-refractivity contribution in [1.29, 1.82) is 0 Å². The Kier molecular flexibility index (Phi) is 7.49. The normalized spacial score (nSPS) is 18.3. The van der Waals surface area contributed by atoms with Crippen LogP contribution in [-0.2, 0) is 4.74 Å². The molecule has 1 heterocycles. The number of rotatable bonds is 7. The molecule has 0 saturated carbocycles. The van der Waals surface area contributed by atoms with Crippen LogP contribution in [0.5, 0.6) is 0 Å². The van der Waals surface area contributed by atoms with Gasteiger partial charge in [-0.3, -0.25) is 4.99 Å². The topological polar surface area (TPSA) is 48.9 Å². The first-order chi connectivity index (χ1) is 11.2. The number of aliphatic imine (C=N–C) groups is 1. The first-order valence-electron chi connectivity index (χ1n) is 8.27. The first kappa shape index (κ1) is 17.9. The van der Waals surface area contributed by atoms with Crippen molar-refractivity contribution in [3.05, 3.63) is 29.3 Å². The highest BCUT2D eigenvalue weighted by atomic mass is 35.5. The van der Waals surface area contributed by atoms with E-state index in [1.807, 2.05) is 18.2 Å². The minimum Gasteiger partial charge on any atom is -0.385 e. The fourth-order valence-electron chi connectivity index (χ4n) is 2.70. The Bertz CT molecular complexity index is 509. The summed E-state index contributed by atoms with van der Waals surface area (Å²) in [5, 5.41) is 7.62. The molecule has 6 heteroatoms. The lowest BCUT2D eigenvalue weighted by Gasteiger charge is -2.20. The molecule has 0 spiro atoms. The molecule has 0 bridgehead atoms. The molecule has 1 aliphatic rings. The van der Waals surface area contributed by atoms with Gasteiger partial charge in [0.2, 0.25) is 0 Å². The zero-order valence-corrected chi connectivity index (χ0v) is 14.8. The van der Waals surface area contributed by atoms with E-state index in [0.717, 1.165) is 56.6 Å². The van der Waals surface area contributed by atoms with Crippen LogP contribution in [0.1, 0.15) is 19.8 Å². The van der Waals surface area contributed by atoms with Crippen molar-refractivity contribution in [2.75, 3.05) is 44.8 Å². The van der Waals surface area contributed by atoms with E-state index in [2.05, 4.69) is 33.5 Å². The molecule has 2 N–H and O–H groups in total. The van der Waals surface area contributed by atoms with Crippen LogP contribution in [0, 0.1) is 0 Å². The van der Waals surface area contributed by atoms with Gasteiger partial charge in [-0.1, -0.05) is 17.7 Å². The summed E-state index contributed by atoms with van der Waals surface area (Å²) in [6, 6.07) is 8.44. The number of methoxy groups -OCH3 is 1. The minimum atomic E-state index is 0.397. The molecule has 2 rings (SSSR count). The average Bonchev–Trinajstić information content (AvgIpc) is 3.00. The molecule has 0 radical (unpaired) electrons. The number of halogens is 1. The van der Waals surface area contributed by atoms with Crippen molar-refractivity contribution < 1.29 is 4.74 Å². The molecule has 1 aromatic rings. The highest BCUT2D eigenvalue weighted by Gasteiger charge is 2.23. The lowest BCUT2D eigenvalue weighted by molar-refractivity contribution is 0.197. The van der Waals surface area contributed by atoms with E-state index in [4.69, 9.17) is 16.3 Å². The summed E-state index contributed by atoms with van der Waals surface area (Å²) in [4.78, 5) is 6.96. The Morgan fingerprint density at radius 1 is 1.48 bits per heavy atom. The molecule has 0 aliphatic carbocycles. The number of ether oxygens (including phenoxy) is 1. The molecule has 0 amide bonds. The van der Waals surface area contributed by atoms with Gasteiger partial charge in [-0.05, 0) is 38.0 Å². The van der Waals surface area contributed by atoms with E-state index in [0.29, 0.717) is 6.04 Å². The van der Waals surface area contributed by atoms with Crippen LogP contribution in [0.3, 0.4) is 0 Å². The molecule has 1 fully saturated rings. The summed E-state index contributed by atoms with van der Waals surface area (Å²) in [6.45, 7) is 6.45. The van der Waals surface area contributed by atoms with Crippen molar-refractivity contribution >= 4 is 23.2 Å². The molecule has 23 heavy (non-hydrogen) atoms. The second-order valence-electron chi connectivity index (χ2n) is 5.66. The van der Waals surface area contributed by atoms with E-state index in [1.54, 1.807) is 7.11 Å².